The molecule has 0 aliphatic rings. The number of ether oxygens (including phenoxy) is 2. The number of amides is 1. The van der Waals surface area contributed by atoms with Crippen LogP contribution in [0.2, 0.25) is 0 Å². The third-order valence-corrected chi connectivity index (χ3v) is 4.03. The largest absolute Gasteiger partial charge is 0.484 e. The Bertz CT molecular complexity index is 986. The van der Waals surface area contributed by atoms with E-state index in [2.05, 4.69) is 15.6 Å². The van der Waals surface area contributed by atoms with Crippen molar-refractivity contribution < 1.29 is 19.1 Å². The highest BCUT2D eigenvalue weighted by atomic mass is 16.5. The van der Waals surface area contributed by atoms with Crippen molar-refractivity contribution in [2.75, 3.05) is 24.4 Å². The molecule has 7 nitrogen and oxygen atoms in total. The van der Waals surface area contributed by atoms with Crippen LogP contribution in [0, 0.1) is 6.92 Å². The van der Waals surface area contributed by atoms with Gasteiger partial charge in [0, 0.05) is 0 Å². The molecule has 7 heteroatoms. The fourth-order valence-electron chi connectivity index (χ4n) is 2.54. The zero-order chi connectivity index (χ0) is 20.6. The van der Waals surface area contributed by atoms with E-state index in [0.29, 0.717) is 28.5 Å². The van der Waals surface area contributed by atoms with Crippen LogP contribution in [0.25, 0.3) is 0 Å². The summed E-state index contributed by atoms with van der Waals surface area (Å²) in [6, 6.07) is 17.9. The molecule has 1 heterocycles. The maximum atomic E-state index is 12.0. The molecule has 2 aromatic carbocycles. The van der Waals surface area contributed by atoms with Crippen LogP contribution in [0.4, 0.5) is 17.2 Å². The molecule has 0 spiro atoms. The second kappa shape index (κ2) is 9.36. The number of benzene rings is 2. The quantitative estimate of drug-likeness (QED) is 0.593. The summed E-state index contributed by atoms with van der Waals surface area (Å²) in [5.41, 5.74) is 2.80. The van der Waals surface area contributed by atoms with E-state index in [1.165, 1.54) is 7.11 Å². The van der Waals surface area contributed by atoms with Gasteiger partial charge < -0.3 is 20.1 Å². The number of rotatable bonds is 7. The molecule has 3 aromatic rings. The van der Waals surface area contributed by atoms with E-state index in [-0.39, 0.29) is 12.5 Å². The molecule has 2 N–H and O–H groups in total. The van der Waals surface area contributed by atoms with Crippen molar-refractivity contribution in [3.05, 3.63) is 78.0 Å². The number of hydrogen-bond donors (Lipinski definition) is 2. The topological polar surface area (TPSA) is 89.6 Å². The molecular weight excluding hydrogens is 370 g/mol. The SMILES string of the molecule is COC(=O)c1ccccc1Nc1ccc(NC(=O)COc2ccc(C)cc2)nc1. The van der Waals surface area contributed by atoms with Crippen molar-refractivity contribution in [3.63, 3.8) is 0 Å². The molecule has 1 amide bonds. The van der Waals surface area contributed by atoms with Crippen molar-refractivity contribution in [2.45, 2.75) is 6.92 Å². The van der Waals surface area contributed by atoms with Crippen molar-refractivity contribution in [1.29, 1.82) is 0 Å². The number of methoxy groups -OCH3 is 1. The molecular formula is C22H21N3O4. The first-order chi connectivity index (χ1) is 14.0. The minimum atomic E-state index is -0.432. The Balaban J connectivity index is 1.57. The van der Waals surface area contributed by atoms with E-state index in [9.17, 15) is 9.59 Å². The zero-order valence-corrected chi connectivity index (χ0v) is 16.1. The molecule has 0 saturated carbocycles. The fourth-order valence-corrected chi connectivity index (χ4v) is 2.54. The summed E-state index contributed by atoms with van der Waals surface area (Å²) >= 11 is 0. The van der Waals surface area contributed by atoms with Gasteiger partial charge >= 0.3 is 5.97 Å². The van der Waals surface area contributed by atoms with Crippen LogP contribution in [0.1, 0.15) is 15.9 Å². The number of pyridine rings is 1. The molecule has 0 aliphatic carbocycles. The normalized spacial score (nSPS) is 10.1. The lowest BCUT2D eigenvalue weighted by atomic mass is 10.1. The predicted octanol–water partition coefficient (Wildman–Crippen LogP) is 3.94. The monoisotopic (exact) mass is 391 g/mol. The van der Waals surface area contributed by atoms with E-state index >= 15 is 0 Å². The minimum Gasteiger partial charge on any atom is -0.484 e. The summed E-state index contributed by atoms with van der Waals surface area (Å²) in [4.78, 5) is 28.1. The molecule has 0 fully saturated rings. The van der Waals surface area contributed by atoms with Crippen LogP contribution < -0.4 is 15.4 Å². The maximum absolute atomic E-state index is 12.0. The first kappa shape index (κ1) is 19.9. The van der Waals surface area contributed by atoms with Crippen LogP contribution in [0.15, 0.2) is 66.9 Å². The fraction of sp³-hybridized carbons (Fsp3) is 0.136. The van der Waals surface area contributed by atoms with Gasteiger partial charge in [-0.2, -0.15) is 0 Å². The number of hydrogen-bond acceptors (Lipinski definition) is 6. The van der Waals surface area contributed by atoms with E-state index in [4.69, 9.17) is 9.47 Å². The number of nitrogens with one attached hydrogen (secondary N) is 2. The molecule has 3 rings (SSSR count). The number of anilines is 3. The minimum absolute atomic E-state index is 0.114. The highest BCUT2D eigenvalue weighted by molar-refractivity contribution is 5.96. The van der Waals surface area contributed by atoms with Crippen LogP contribution >= 0.6 is 0 Å². The summed E-state index contributed by atoms with van der Waals surface area (Å²) in [5, 5.41) is 5.80. The van der Waals surface area contributed by atoms with Gasteiger partial charge in [-0.15, -0.1) is 0 Å². The van der Waals surface area contributed by atoms with Gasteiger partial charge in [0.15, 0.2) is 6.61 Å². The van der Waals surface area contributed by atoms with Gasteiger partial charge in [-0.05, 0) is 43.3 Å². The second-order valence-corrected chi connectivity index (χ2v) is 6.24. The Morgan fingerprint density at radius 3 is 2.45 bits per heavy atom. The molecule has 0 bridgehead atoms. The first-order valence-electron chi connectivity index (χ1n) is 8.95. The number of aromatic nitrogens is 1. The average molecular weight is 391 g/mol. The summed E-state index contributed by atoms with van der Waals surface area (Å²) in [6.45, 7) is 1.87. The third kappa shape index (κ3) is 5.55. The Kier molecular flexibility index (Phi) is 6.42. The van der Waals surface area contributed by atoms with Crippen molar-refractivity contribution >= 4 is 29.1 Å². The second-order valence-electron chi connectivity index (χ2n) is 6.24. The number of carbonyl (C=O) groups excluding carboxylic acids is 2. The molecule has 0 aliphatic heterocycles. The van der Waals surface area contributed by atoms with Gasteiger partial charge in [-0.3, -0.25) is 4.79 Å². The Morgan fingerprint density at radius 1 is 1.00 bits per heavy atom. The van der Waals surface area contributed by atoms with Gasteiger partial charge in [0.1, 0.15) is 11.6 Å². The number of nitrogens with zero attached hydrogens (tertiary/aromatic N) is 1. The highest BCUT2D eigenvalue weighted by Gasteiger charge is 2.11. The van der Waals surface area contributed by atoms with Crippen LogP contribution in [0.3, 0.4) is 0 Å². The van der Waals surface area contributed by atoms with E-state index in [1.807, 2.05) is 37.3 Å². The Morgan fingerprint density at radius 2 is 1.76 bits per heavy atom. The first-order valence-corrected chi connectivity index (χ1v) is 8.95. The summed E-state index contributed by atoms with van der Waals surface area (Å²) in [7, 11) is 1.33. The smallest absolute Gasteiger partial charge is 0.339 e. The van der Waals surface area contributed by atoms with E-state index in [1.54, 1.807) is 36.5 Å². The number of para-hydroxylation sites is 1. The van der Waals surface area contributed by atoms with E-state index in [0.717, 1.165) is 5.56 Å². The zero-order valence-electron chi connectivity index (χ0n) is 16.1. The maximum Gasteiger partial charge on any atom is 0.339 e. The van der Waals surface area contributed by atoms with Crippen molar-refractivity contribution in [3.8, 4) is 5.75 Å². The summed E-state index contributed by atoms with van der Waals surface area (Å²) in [5.74, 6) is 0.283. The van der Waals surface area contributed by atoms with Crippen LogP contribution in [-0.2, 0) is 9.53 Å². The third-order valence-electron chi connectivity index (χ3n) is 4.03. The average Bonchev–Trinajstić information content (AvgIpc) is 2.74. The van der Waals surface area contributed by atoms with E-state index < -0.39 is 5.97 Å². The Labute approximate surface area is 168 Å². The number of aryl methyl sites for hydroxylation is 1. The molecule has 1 aromatic heterocycles. The van der Waals surface area contributed by atoms with Gasteiger partial charge in [0.2, 0.25) is 0 Å². The molecule has 0 unspecified atom stereocenters. The van der Waals surface area contributed by atoms with Crippen molar-refractivity contribution in [1.82, 2.24) is 4.98 Å². The number of esters is 1. The molecule has 0 saturated heterocycles. The molecule has 148 valence electrons. The molecule has 29 heavy (non-hydrogen) atoms. The van der Waals surface area contributed by atoms with Gasteiger partial charge in [-0.25, -0.2) is 9.78 Å². The summed E-state index contributed by atoms with van der Waals surface area (Å²) < 4.78 is 10.2. The van der Waals surface area contributed by atoms with Gasteiger partial charge in [-0.1, -0.05) is 29.8 Å². The van der Waals surface area contributed by atoms with Gasteiger partial charge in [0.05, 0.1) is 30.2 Å². The lowest BCUT2D eigenvalue weighted by molar-refractivity contribution is -0.118. The standard InChI is InChI=1S/C22H21N3O4/c1-15-7-10-17(11-8-15)29-14-21(26)25-20-12-9-16(13-23-20)24-19-6-4-3-5-18(19)22(27)28-2/h3-13,24H,14H2,1-2H3,(H,23,25,26). The highest BCUT2D eigenvalue weighted by Crippen LogP contribution is 2.21. The predicted molar refractivity (Wildman–Crippen MR) is 111 cm³/mol. The lowest BCUT2D eigenvalue weighted by Gasteiger charge is -2.11. The lowest BCUT2D eigenvalue weighted by Crippen LogP contribution is -2.20. The van der Waals surface area contributed by atoms with Crippen molar-refractivity contribution in [2.24, 2.45) is 0 Å². The number of carbonyl (C=O) groups is 2. The molecule has 0 radical (unpaired) electrons. The molecule has 0 atom stereocenters. The van der Waals surface area contributed by atoms with Crippen LogP contribution in [-0.4, -0.2) is 30.6 Å². The Hall–Kier alpha value is -3.87. The van der Waals surface area contributed by atoms with Crippen LogP contribution in [0.5, 0.6) is 5.75 Å². The van der Waals surface area contributed by atoms with Gasteiger partial charge in [0.25, 0.3) is 5.91 Å². The summed E-state index contributed by atoms with van der Waals surface area (Å²) in [6.07, 6.45) is 1.56.